The van der Waals surface area contributed by atoms with E-state index in [1.807, 2.05) is 25.2 Å². The van der Waals surface area contributed by atoms with Crippen LogP contribution in [0.4, 0.5) is 5.69 Å². The molecule has 5 nitrogen and oxygen atoms in total. The van der Waals surface area contributed by atoms with Crippen LogP contribution in [-0.2, 0) is 29.0 Å². The molecule has 0 unspecified atom stereocenters. The van der Waals surface area contributed by atoms with Gasteiger partial charge in [-0.25, -0.2) is 0 Å². The number of nitrogens with zero attached hydrogens (tertiary/aromatic N) is 1. The van der Waals surface area contributed by atoms with Gasteiger partial charge in [0.25, 0.3) is 0 Å². The third kappa shape index (κ3) is 5.35. The molecule has 1 heterocycles. The normalized spacial score (nSPS) is 12.9. The lowest BCUT2D eigenvalue weighted by Gasteiger charge is -2.18. The van der Waals surface area contributed by atoms with Crippen molar-refractivity contribution in [3.63, 3.8) is 0 Å². The van der Waals surface area contributed by atoms with Gasteiger partial charge in [0, 0.05) is 32.1 Å². The van der Waals surface area contributed by atoms with E-state index in [0.29, 0.717) is 32.4 Å². The van der Waals surface area contributed by atoms with Crippen molar-refractivity contribution in [1.82, 2.24) is 4.90 Å². The highest BCUT2D eigenvalue weighted by Crippen LogP contribution is 2.26. The molecule has 1 N–H and O–H groups in total. The molecule has 148 valence electrons. The zero-order chi connectivity index (χ0) is 19.9. The van der Waals surface area contributed by atoms with Gasteiger partial charge in [-0.1, -0.05) is 31.2 Å². The second kappa shape index (κ2) is 9.40. The zero-order valence-corrected chi connectivity index (χ0v) is 16.7. The predicted octanol–water partition coefficient (Wildman–Crippen LogP) is 3.95. The highest BCUT2D eigenvalue weighted by Gasteiger charge is 2.15. The molecular formula is C23H28N2O3. The maximum atomic E-state index is 12.3. The Morgan fingerprint density at radius 1 is 1.11 bits per heavy atom. The van der Waals surface area contributed by atoms with E-state index in [1.54, 1.807) is 4.90 Å². The van der Waals surface area contributed by atoms with Crippen LogP contribution in [-0.4, -0.2) is 30.4 Å². The number of anilines is 1. The Morgan fingerprint density at radius 2 is 1.86 bits per heavy atom. The first-order valence-corrected chi connectivity index (χ1v) is 9.92. The lowest BCUT2D eigenvalue weighted by Crippen LogP contribution is -2.26. The SMILES string of the molecule is CCc1ccc(CN(C)C(=O)CCCOc2ccc3c(c2)CCC(=O)N3)cc1. The molecule has 0 bridgehead atoms. The molecule has 0 atom stereocenters. The smallest absolute Gasteiger partial charge is 0.224 e. The molecule has 0 spiro atoms. The molecular weight excluding hydrogens is 352 g/mol. The fourth-order valence-electron chi connectivity index (χ4n) is 3.30. The Bertz CT molecular complexity index is 830. The van der Waals surface area contributed by atoms with Crippen molar-refractivity contribution >= 4 is 17.5 Å². The minimum Gasteiger partial charge on any atom is -0.494 e. The summed E-state index contributed by atoms with van der Waals surface area (Å²) < 4.78 is 5.79. The van der Waals surface area contributed by atoms with Crippen LogP contribution in [0.5, 0.6) is 5.75 Å². The van der Waals surface area contributed by atoms with Gasteiger partial charge in [-0.15, -0.1) is 0 Å². The van der Waals surface area contributed by atoms with Gasteiger partial charge in [-0.05, 0) is 54.2 Å². The number of hydrogen-bond donors (Lipinski definition) is 1. The number of carbonyl (C=O) groups is 2. The van der Waals surface area contributed by atoms with Crippen LogP contribution >= 0.6 is 0 Å². The molecule has 0 saturated heterocycles. The van der Waals surface area contributed by atoms with Crippen molar-refractivity contribution in [2.75, 3.05) is 19.0 Å². The molecule has 2 aromatic carbocycles. The van der Waals surface area contributed by atoms with Gasteiger partial charge in [0.15, 0.2) is 0 Å². The number of nitrogens with one attached hydrogen (secondary N) is 1. The molecule has 1 aliphatic rings. The van der Waals surface area contributed by atoms with Gasteiger partial charge < -0.3 is 15.0 Å². The lowest BCUT2D eigenvalue weighted by atomic mass is 10.0. The number of aryl methyl sites for hydroxylation is 2. The third-order valence-corrected chi connectivity index (χ3v) is 5.05. The summed E-state index contributed by atoms with van der Waals surface area (Å²) in [5.41, 5.74) is 4.42. The van der Waals surface area contributed by atoms with E-state index in [2.05, 4.69) is 36.5 Å². The summed E-state index contributed by atoms with van der Waals surface area (Å²) >= 11 is 0. The molecule has 1 aliphatic heterocycles. The number of benzene rings is 2. The summed E-state index contributed by atoms with van der Waals surface area (Å²) in [5.74, 6) is 0.966. The molecule has 0 fully saturated rings. The second-order valence-corrected chi connectivity index (χ2v) is 7.24. The molecule has 5 heteroatoms. The Kier molecular flexibility index (Phi) is 6.69. The zero-order valence-electron chi connectivity index (χ0n) is 16.7. The number of amides is 2. The Hall–Kier alpha value is -2.82. The predicted molar refractivity (Wildman–Crippen MR) is 110 cm³/mol. The van der Waals surface area contributed by atoms with Crippen molar-refractivity contribution in [1.29, 1.82) is 0 Å². The number of rotatable bonds is 8. The van der Waals surface area contributed by atoms with Gasteiger partial charge >= 0.3 is 0 Å². The van der Waals surface area contributed by atoms with E-state index in [4.69, 9.17) is 4.74 Å². The Labute approximate surface area is 166 Å². The highest BCUT2D eigenvalue weighted by atomic mass is 16.5. The quantitative estimate of drug-likeness (QED) is 0.706. The van der Waals surface area contributed by atoms with Crippen LogP contribution in [0.25, 0.3) is 0 Å². The topological polar surface area (TPSA) is 58.6 Å². The summed E-state index contributed by atoms with van der Waals surface area (Å²) in [6, 6.07) is 14.1. The molecule has 0 saturated carbocycles. The van der Waals surface area contributed by atoms with E-state index in [-0.39, 0.29) is 11.8 Å². The van der Waals surface area contributed by atoms with Crippen molar-refractivity contribution < 1.29 is 14.3 Å². The van der Waals surface area contributed by atoms with Crippen molar-refractivity contribution in [3.05, 3.63) is 59.2 Å². The van der Waals surface area contributed by atoms with Gasteiger partial charge in [-0.2, -0.15) is 0 Å². The van der Waals surface area contributed by atoms with Crippen molar-refractivity contribution in [3.8, 4) is 5.75 Å². The summed E-state index contributed by atoms with van der Waals surface area (Å²) in [4.78, 5) is 25.5. The summed E-state index contributed by atoms with van der Waals surface area (Å²) in [6.07, 6.45) is 3.41. The van der Waals surface area contributed by atoms with E-state index < -0.39 is 0 Å². The first kappa shape index (κ1) is 19.9. The number of fused-ring (bicyclic) bond motifs is 1. The maximum Gasteiger partial charge on any atom is 0.224 e. The average Bonchev–Trinajstić information content (AvgIpc) is 2.71. The minimum absolute atomic E-state index is 0.0603. The van der Waals surface area contributed by atoms with E-state index in [9.17, 15) is 9.59 Å². The standard InChI is InChI=1S/C23H28N2O3/c1-3-17-6-8-18(9-7-17)16-25(2)23(27)5-4-14-28-20-11-12-21-19(15-20)10-13-22(26)24-21/h6-9,11-12,15H,3-5,10,13-14,16H2,1-2H3,(H,24,26). The van der Waals surface area contributed by atoms with Crippen LogP contribution in [0, 0.1) is 0 Å². The molecule has 3 rings (SSSR count). The van der Waals surface area contributed by atoms with Crippen LogP contribution < -0.4 is 10.1 Å². The Morgan fingerprint density at radius 3 is 2.61 bits per heavy atom. The monoisotopic (exact) mass is 380 g/mol. The van der Waals surface area contributed by atoms with Gasteiger partial charge in [0.05, 0.1) is 6.61 Å². The van der Waals surface area contributed by atoms with Crippen LogP contribution in [0.2, 0.25) is 0 Å². The number of hydrogen-bond acceptors (Lipinski definition) is 3. The average molecular weight is 380 g/mol. The molecule has 2 aromatic rings. The summed E-state index contributed by atoms with van der Waals surface area (Å²) in [7, 11) is 1.84. The van der Waals surface area contributed by atoms with Crippen molar-refractivity contribution in [2.24, 2.45) is 0 Å². The first-order chi connectivity index (χ1) is 13.5. The van der Waals surface area contributed by atoms with Gasteiger partial charge in [0.1, 0.15) is 5.75 Å². The Balaban J connectivity index is 1.40. The van der Waals surface area contributed by atoms with Crippen LogP contribution in [0.1, 0.15) is 42.9 Å². The molecule has 2 amide bonds. The van der Waals surface area contributed by atoms with Crippen LogP contribution in [0.3, 0.4) is 0 Å². The summed E-state index contributed by atoms with van der Waals surface area (Å²) in [5, 5.41) is 2.86. The first-order valence-electron chi connectivity index (χ1n) is 9.92. The van der Waals surface area contributed by atoms with Gasteiger partial charge in [0.2, 0.25) is 11.8 Å². The molecule has 0 aliphatic carbocycles. The fraction of sp³-hybridized carbons (Fsp3) is 0.391. The second-order valence-electron chi connectivity index (χ2n) is 7.24. The number of ether oxygens (including phenoxy) is 1. The third-order valence-electron chi connectivity index (χ3n) is 5.05. The number of carbonyl (C=O) groups excluding carboxylic acids is 2. The van der Waals surface area contributed by atoms with E-state index >= 15 is 0 Å². The fourth-order valence-corrected chi connectivity index (χ4v) is 3.30. The minimum atomic E-state index is 0.0603. The molecule has 0 aromatic heterocycles. The molecule has 28 heavy (non-hydrogen) atoms. The van der Waals surface area contributed by atoms with Crippen molar-refractivity contribution in [2.45, 2.75) is 45.6 Å². The maximum absolute atomic E-state index is 12.3. The largest absolute Gasteiger partial charge is 0.494 e. The highest BCUT2D eigenvalue weighted by molar-refractivity contribution is 5.94. The summed E-state index contributed by atoms with van der Waals surface area (Å²) in [6.45, 7) is 3.25. The molecule has 0 radical (unpaired) electrons. The van der Waals surface area contributed by atoms with Crippen LogP contribution in [0.15, 0.2) is 42.5 Å². The lowest BCUT2D eigenvalue weighted by molar-refractivity contribution is -0.130. The van der Waals surface area contributed by atoms with E-state index in [1.165, 1.54) is 5.56 Å². The van der Waals surface area contributed by atoms with Gasteiger partial charge in [-0.3, -0.25) is 9.59 Å². The van der Waals surface area contributed by atoms with E-state index in [0.717, 1.165) is 35.4 Å².